The van der Waals surface area contributed by atoms with Crippen LogP contribution in [0.5, 0.6) is 0 Å². The molecule has 2 aliphatic rings. The van der Waals surface area contributed by atoms with Crippen molar-refractivity contribution in [2.24, 2.45) is 0 Å². The largest absolute Gasteiger partial charge is 0.192 e. The molecule has 0 aromatic heterocycles. The van der Waals surface area contributed by atoms with Crippen LogP contribution in [0.15, 0.2) is 89.6 Å². The van der Waals surface area contributed by atoms with E-state index in [9.17, 15) is 42.1 Å². The third-order valence-corrected chi connectivity index (χ3v) is 6.69. The Balaban J connectivity index is 2.19. The molecule has 0 bridgehead atoms. The van der Waals surface area contributed by atoms with Gasteiger partial charge in [0.15, 0.2) is 0 Å². The number of fused-ring (bicyclic) bond motifs is 2. The van der Waals surface area contributed by atoms with E-state index in [0.717, 1.165) is 0 Å². The summed E-state index contributed by atoms with van der Waals surface area (Å²) in [4.78, 5) is 0. The maximum absolute atomic E-state index is 10.3. The van der Waals surface area contributed by atoms with Crippen molar-refractivity contribution in [2.75, 3.05) is 0 Å². The maximum atomic E-state index is 10.3. The van der Waals surface area contributed by atoms with Crippen LogP contribution in [0.2, 0.25) is 0 Å². The molecule has 4 rings (SSSR count). The van der Waals surface area contributed by atoms with Crippen molar-refractivity contribution < 1.29 is 0 Å². The monoisotopic (exact) mass is 532 g/mol. The summed E-state index contributed by atoms with van der Waals surface area (Å²) >= 11 is 0. The zero-order valence-electron chi connectivity index (χ0n) is 21.6. The van der Waals surface area contributed by atoms with E-state index in [0.29, 0.717) is 27.8 Å². The van der Waals surface area contributed by atoms with Crippen LogP contribution < -0.4 is 0 Å². The second kappa shape index (κ2) is 11.1. The number of benzene rings is 2. The van der Waals surface area contributed by atoms with Crippen LogP contribution in [-0.2, 0) is 0 Å². The van der Waals surface area contributed by atoms with Crippen molar-refractivity contribution >= 4 is 27.9 Å². The minimum absolute atomic E-state index is 0.0432. The predicted molar refractivity (Wildman–Crippen MR) is 152 cm³/mol. The molecule has 2 aliphatic carbocycles. The van der Waals surface area contributed by atoms with Crippen LogP contribution in [-0.4, -0.2) is 0 Å². The lowest BCUT2D eigenvalue weighted by atomic mass is 9.90. The van der Waals surface area contributed by atoms with E-state index in [1.165, 1.54) is 18.2 Å². The lowest BCUT2D eigenvalue weighted by Crippen LogP contribution is -1.95. The molecule has 0 N–H and O–H groups in total. The van der Waals surface area contributed by atoms with Crippen LogP contribution in [0.1, 0.15) is 33.4 Å². The number of nitriles is 8. The van der Waals surface area contributed by atoms with E-state index in [-0.39, 0.29) is 61.3 Å². The van der Waals surface area contributed by atoms with Gasteiger partial charge in [-0.15, -0.1) is 0 Å². The number of rotatable bonds is 4. The van der Waals surface area contributed by atoms with Gasteiger partial charge in [-0.3, -0.25) is 0 Å². The molecule has 2 aromatic carbocycles. The first kappa shape index (κ1) is 27.6. The number of hydrogen-bond donors (Lipinski definition) is 0. The summed E-state index contributed by atoms with van der Waals surface area (Å²) in [6.07, 6.45) is 2.67. The number of allylic oxidation sites excluding steroid dienone is 12. The van der Waals surface area contributed by atoms with E-state index in [1.807, 2.05) is 36.4 Å². The van der Waals surface area contributed by atoms with Crippen LogP contribution >= 0.6 is 0 Å². The van der Waals surface area contributed by atoms with E-state index in [1.54, 1.807) is 30.3 Å². The van der Waals surface area contributed by atoms with Crippen LogP contribution in [0.4, 0.5) is 0 Å². The van der Waals surface area contributed by atoms with Gasteiger partial charge < -0.3 is 0 Å². The predicted octanol–water partition coefficient (Wildman–Crippen LogP) is 6.09. The van der Waals surface area contributed by atoms with Gasteiger partial charge in [0.1, 0.15) is 47.6 Å². The lowest BCUT2D eigenvalue weighted by molar-refractivity contribution is 1.44. The lowest BCUT2D eigenvalue weighted by Gasteiger charge is -2.11. The summed E-state index contributed by atoms with van der Waals surface area (Å²) < 4.78 is 0. The van der Waals surface area contributed by atoms with Crippen molar-refractivity contribution in [2.45, 2.75) is 0 Å². The number of nitrogens with zero attached hydrogens (tertiary/aromatic N) is 8. The van der Waals surface area contributed by atoms with E-state index >= 15 is 0 Å². The molecule has 188 valence electrons. The van der Waals surface area contributed by atoms with E-state index < -0.39 is 0 Å². The molecule has 8 heteroatoms. The zero-order chi connectivity index (χ0) is 30.6. The first-order valence-electron chi connectivity index (χ1n) is 11.9. The summed E-state index contributed by atoms with van der Waals surface area (Å²) in [6, 6.07) is 25.2. The smallest absolute Gasteiger partial charge is 0.138 e. The summed E-state index contributed by atoms with van der Waals surface area (Å²) in [5, 5.41) is 78.8. The molecule has 0 heterocycles. The standard InChI is InChI=1S/C34H12N8/c1-3-20(11-35)7-19(2)31-29(17-41)25-9-28-26(10-27(25)33(31)23(13-37)14-38)30(18-42)32(34(28)24(15-39)16-40)22-6-4-5-21(8-22)12-36/h3-10H,1-2H2/b20-7+. The fraction of sp³-hybridized carbons (Fsp3) is 0. The fourth-order valence-corrected chi connectivity index (χ4v) is 4.99. The Hall–Kier alpha value is -7.46. The van der Waals surface area contributed by atoms with E-state index in [2.05, 4.69) is 25.3 Å². The van der Waals surface area contributed by atoms with Gasteiger partial charge in [-0.05, 0) is 52.6 Å². The van der Waals surface area contributed by atoms with Crippen molar-refractivity contribution in [1.29, 1.82) is 42.1 Å². The molecule has 0 saturated carbocycles. The molecule has 2 aromatic rings. The zero-order valence-corrected chi connectivity index (χ0v) is 21.6. The van der Waals surface area contributed by atoms with Crippen molar-refractivity contribution in [3.8, 4) is 48.6 Å². The molecule has 0 atom stereocenters. The summed E-state index contributed by atoms with van der Waals surface area (Å²) in [5.41, 5.74) is 2.42. The Bertz CT molecular complexity index is 2160. The van der Waals surface area contributed by atoms with Crippen molar-refractivity contribution in [3.05, 3.63) is 123 Å². The molecule has 0 spiro atoms. The highest BCUT2D eigenvalue weighted by atomic mass is 14.4. The van der Waals surface area contributed by atoms with Crippen LogP contribution in [0, 0.1) is 90.6 Å². The summed E-state index contributed by atoms with van der Waals surface area (Å²) in [7, 11) is 0. The Morgan fingerprint density at radius 2 is 1.21 bits per heavy atom. The molecule has 42 heavy (non-hydrogen) atoms. The molecule has 0 unspecified atom stereocenters. The SMILES string of the molecule is C=C/C(C#N)=C\C(=C)C1=C(C#N)c2cc3c(cc2C1=C(C#N)C#N)C(C#N)=C(c1cccc(C#N)c1)C3=C(C#N)C#N. The quantitative estimate of drug-likeness (QED) is 0.333. The molecule has 0 amide bonds. The van der Waals surface area contributed by atoms with Gasteiger partial charge >= 0.3 is 0 Å². The topological polar surface area (TPSA) is 190 Å². The highest BCUT2D eigenvalue weighted by Gasteiger charge is 2.37. The van der Waals surface area contributed by atoms with Gasteiger partial charge in [0, 0.05) is 33.4 Å². The molecule has 0 radical (unpaired) electrons. The second-order valence-corrected chi connectivity index (χ2v) is 8.75. The van der Waals surface area contributed by atoms with Gasteiger partial charge in [0.25, 0.3) is 0 Å². The first-order chi connectivity index (χ1) is 20.4. The third-order valence-electron chi connectivity index (χ3n) is 6.69. The third kappa shape index (κ3) is 4.13. The van der Waals surface area contributed by atoms with Gasteiger partial charge in [-0.1, -0.05) is 31.4 Å². The second-order valence-electron chi connectivity index (χ2n) is 8.75. The maximum Gasteiger partial charge on any atom is 0.138 e. The molecular weight excluding hydrogens is 520 g/mol. The van der Waals surface area contributed by atoms with E-state index in [4.69, 9.17) is 0 Å². The van der Waals surface area contributed by atoms with Crippen LogP contribution in [0.25, 0.3) is 27.9 Å². The van der Waals surface area contributed by atoms with Crippen molar-refractivity contribution in [3.63, 3.8) is 0 Å². The van der Waals surface area contributed by atoms with Crippen LogP contribution in [0.3, 0.4) is 0 Å². The Kier molecular flexibility index (Phi) is 7.29. The average Bonchev–Trinajstić information content (AvgIpc) is 3.52. The minimum Gasteiger partial charge on any atom is -0.192 e. The average molecular weight is 533 g/mol. The summed E-state index contributed by atoms with van der Waals surface area (Å²) in [6.45, 7) is 7.56. The van der Waals surface area contributed by atoms with Gasteiger partial charge in [-0.25, -0.2) is 0 Å². The fourth-order valence-electron chi connectivity index (χ4n) is 4.99. The minimum atomic E-state index is -0.323. The molecule has 8 nitrogen and oxygen atoms in total. The van der Waals surface area contributed by atoms with Gasteiger partial charge in [0.05, 0.1) is 34.4 Å². The number of hydrogen-bond acceptors (Lipinski definition) is 8. The van der Waals surface area contributed by atoms with Gasteiger partial charge in [0.2, 0.25) is 0 Å². The highest BCUT2D eigenvalue weighted by Crippen LogP contribution is 2.53. The summed E-state index contributed by atoms with van der Waals surface area (Å²) in [5.74, 6) is 0. The molecule has 0 saturated heterocycles. The highest BCUT2D eigenvalue weighted by molar-refractivity contribution is 6.26. The Morgan fingerprint density at radius 1 is 0.643 bits per heavy atom. The van der Waals surface area contributed by atoms with Crippen molar-refractivity contribution in [1.82, 2.24) is 0 Å². The normalized spacial score (nSPS) is 12.6. The Morgan fingerprint density at radius 3 is 1.74 bits per heavy atom. The Labute approximate surface area is 241 Å². The molecular formula is C34H12N8. The molecule has 0 fully saturated rings. The first-order valence-corrected chi connectivity index (χ1v) is 11.9. The molecule has 0 aliphatic heterocycles. The van der Waals surface area contributed by atoms with Gasteiger partial charge in [-0.2, -0.15) is 42.1 Å².